The first-order valence-corrected chi connectivity index (χ1v) is 5.71. The maximum absolute atomic E-state index is 5.93. The Morgan fingerprint density at radius 2 is 2.17 bits per heavy atom. The molecule has 0 unspecified atom stereocenters. The van der Waals surface area contributed by atoms with E-state index >= 15 is 0 Å². The Morgan fingerprint density at radius 1 is 1.39 bits per heavy atom. The maximum atomic E-state index is 5.93. The molecule has 2 rings (SSSR count). The summed E-state index contributed by atoms with van der Waals surface area (Å²) >= 11 is 0. The quantitative estimate of drug-likeness (QED) is 0.812. The number of ether oxygens (including phenoxy) is 1. The molecule has 0 aliphatic heterocycles. The Morgan fingerprint density at radius 3 is 2.72 bits per heavy atom. The highest BCUT2D eigenvalue weighted by atomic mass is 16.5. The van der Waals surface area contributed by atoms with Crippen LogP contribution in [0.15, 0.2) is 22.7 Å². The summed E-state index contributed by atoms with van der Waals surface area (Å²) in [6.07, 6.45) is 0. The number of rotatable bonds is 4. The molecular weight excluding hydrogens is 230 g/mol. The summed E-state index contributed by atoms with van der Waals surface area (Å²) in [4.78, 5) is 0. The summed E-state index contributed by atoms with van der Waals surface area (Å²) in [5, 5.41) is 7.18. The molecule has 18 heavy (non-hydrogen) atoms. The van der Waals surface area contributed by atoms with Gasteiger partial charge in [0.2, 0.25) is 0 Å². The van der Waals surface area contributed by atoms with E-state index in [0.29, 0.717) is 12.2 Å². The topological polar surface area (TPSA) is 73.3 Å². The largest absolute Gasteiger partial charge is 0.497 e. The van der Waals surface area contributed by atoms with Crippen molar-refractivity contribution in [2.75, 3.05) is 18.2 Å². The Hall–Kier alpha value is -2.17. The minimum absolute atomic E-state index is 0.637. The minimum atomic E-state index is 0.637. The normalized spacial score (nSPS) is 10.4. The van der Waals surface area contributed by atoms with E-state index in [-0.39, 0.29) is 0 Å². The molecule has 5 nitrogen and oxygen atoms in total. The van der Waals surface area contributed by atoms with Gasteiger partial charge in [0.05, 0.1) is 24.2 Å². The molecule has 3 N–H and O–H groups in total. The molecule has 0 bridgehead atoms. The lowest BCUT2D eigenvalue weighted by Crippen LogP contribution is -2.04. The molecule has 0 aliphatic carbocycles. The van der Waals surface area contributed by atoms with Crippen LogP contribution >= 0.6 is 0 Å². The first-order chi connectivity index (χ1) is 8.61. The summed E-state index contributed by atoms with van der Waals surface area (Å²) in [7, 11) is 1.62. The van der Waals surface area contributed by atoms with E-state index in [1.165, 1.54) is 0 Å². The average Bonchev–Trinajstić information content (AvgIpc) is 2.68. The van der Waals surface area contributed by atoms with Gasteiger partial charge in [-0.3, -0.25) is 0 Å². The van der Waals surface area contributed by atoms with Crippen molar-refractivity contribution in [1.29, 1.82) is 0 Å². The molecule has 0 radical (unpaired) electrons. The summed E-state index contributed by atoms with van der Waals surface area (Å²) < 4.78 is 10.2. The minimum Gasteiger partial charge on any atom is -0.497 e. The number of nitrogen functional groups attached to an aromatic ring is 1. The van der Waals surface area contributed by atoms with Crippen LogP contribution < -0.4 is 15.8 Å². The number of nitrogens with one attached hydrogen (secondary N) is 1. The lowest BCUT2D eigenvalue weighted by Gasteiger charge is -2.10. The van der Waals surface area contributed by atoms with Crippen LogP contribution in [0.25, 0.3) is 0 Å². The summed E-state index contributed by atoms with van der Waals surface area (Å²) in [6, 6.07) is 5.55. The number of methoxy groups -OCH3 is 1. The third-order valence-corrected chi connectivity index (χ3v) is 2.90. The predicted molar refractivity (Wildman–Crippen MR) is 70.7 cm³/mol. The Labute approximate surface area is 106 Å². The monoisotopic (exact) mass is 247 g/mol. The van der Waals surface area contributed by atoms with E-state index in [4.69, 9.17) is 15.0 Å². The van der Waals surface area contributed by atoms with Crippen LogP contribution in [-0.2, 0) is 6.54 Å². The molecule has 0 atom stereocenters. The molecule has 5 heteroatoms. The second-order valence-electron chi connectivity index (χ2n) is 4.11. The number of nitrogens with two attached hydrogens (primary N) is 1. The van der Waals surface area contributed by atoms with Gasteiger partial charge in [-0.25, -0.2) is 0 Å². The van der Waals surface area contributed by atoms with Crippen molar-refractivity contribution in [3.63, 3.8) is 0 Å². The zero-order chi connectivity index (χ0) is 13.1. The Balaban J connectivity index is 2.11. The number of anilines is 2. The zero-order valence-corrected chi connectivity index (χ0v) is 10.8. The van der Waals surface area contributed by atoms with Crippen LogP contribution in [0.4, 0.5) is 11.4 Å². The van der Waals surface area contributed by atoms with Gasteiger partial charge in [0, 0.05) is 18.2 Å². The third-order valence-electron chi connectivity index (χ3n) is 2.90. The fourth-order valence-corrected chi connectivity index (χ4v) is 1.77. The molecular formula is C13H17N3O2. The molecule has 1 heterocycles. The first-order valence-electron chi connectivity index (χ1n) is 5.71. The van der Waals surface area contributed by atoms with Crippen molar-refractivity contribution < 1.29 is 9.26 Å². The average molecular weight is 247 g/mol. The van der Waals surface area contributed by atoms with E-state index in [1.807, 2.05) is 26.0 Å². The van der Waals surface area contributed by atoms with Gasteiger partial charge in [0.15, 0.2) is 0 Å². The highest BCUT2D eigenvalue weighted by Crippen LogP contribution is 2.25. The van der Waals surface area contributed by atoms with Crippen LogP contribution in [-0.4, -0.2) is 12.3 Å². The van der Waals surface area contributed by atoms with Gasteiger partial charge in [0.1, 0.15) is 11.5 Å². The van der Waals surface area contributed by atoms with E-state index in [9.17, 15) is 0 Å². The van der Waals surface area contributed by atoms with Crippen LogP contribution in [0.2, 0.25) is 0 Å². The van der Waals surface area contributed by atoms with Crippen molar-refractivity contribution in [1.82, 2.24) is 5.16 Å². The fraction of sp³-hybridized carbons (Fsp3) is 0.308. The lowest BCUT2D eigenvalue weighted by atomic mass is 10.2. The van der Waals surface area contributed by atoms with E-state index in [0.717, 1.165) is 28.5 Å². The number of nitrogens with zero attached hydrogens (tertiary/aromatic N) is 1. The van der Waals surface area contributed by atoms with Crippen molar-refractivity contribution >= 4 is 11.4 Å². The maximum Gasteiger partial charge on any atom is 0.138 e. The molecule has 0 saturated carbocycles. The number of hydrogen-bond acceptors (Lipinski definition) is 5. The van der Waals surface area contributed by atoms with Crippen LogP contribution in [0, 0.1) is 13.8 Å². The van der Waals surface area contributed by atoms with Gasteiger partial charge >= 0.3 is 0 Å². The molecule has 0 spiro atoms. The number of aryl methyl sites for hydroxylation is 2. The molecule has 0 fully saturated rings. The highest BCUT2D eigenvalue weighted by Gasteiger charge is 2.09. The van der Waals surface area contributed by atoms with Gasteiger partial charge in [-0.15, -0.1) is 0 Å². The van der Waals surface area contributed by atoms with Crippen molar-refractivity contribution in [3.8, 4) is 5.75 Å². The predicted octanol–water partition coefficient (Wildman–Crippen LogP) is 2.49. The lowest BCUT2D eigenvalue weighted by molar-refractivity contribution is 0.392. The summed E-state index contributed by atoms with van der Waals surface area (Å²) in [5.41, 5.74) is 9.41. The zero-order valence-electron chi connectivity index (χ0n) is 10.8. The van der Waals surface area contributed by atoms with Gasteiger partial charge in [-0.2, -0.15) is 0 Å². The molecule has 96 valence electrons. The summed E-state index contributed by atoms with van der Waals surface area (Å²) in [6.45, 7) is 4.46. The second kappa shape index (κ2) is 5.00. The molecule has 0 amide bonds. The molecule has 1 aromatic heterocycles. The highest BCUT2D eigenvalue weighted by molar-refractivity contribution is 5.68. The third kappa shape index (κ3) is 2.40. The van der Waals surface area contributed by atoms with Gasteiger partial charge in [0.25, 0.3) is 0 Å². The fourth-order valence-electron chi connectivity index (χ4n) is 1.77. The number of hydrogen-bond donors (Lipinski definition) is 2. The summed E-state index contributed by atoms with van der Waals surface area (Å²) in [5.74, 6) is 1.57. The molecule has 2 aromatic rings. The molecule has 0 saturated heterocycles. The van der Waals surface area contributed by atoms with E-state index < -0.39 is 0 Å². The van der Waals surface area contributed by atoms with E-state index in [2.05, 4.69) is 10.5 Å². The standard InChI is InChI=1S/C13H17N3O2/c1-8-11(9(2)18-16-8)7-15-13-5-4-10(17-3)6-12(13)14/h4-6,15H,7,14H2,1-3H3. The molecule has 0 aliphatic rings. The van der Waals surface area contributed by atoms with Crippen LogP contribution in [0.3, 0.4) is 0 Å². The number of benzene rings is 1. The van der Waals surface area contributed by atoms with Crippen molar-refractivity contribution in [3.05, 3.63) is 35.2 Å². The SMILES string of the molecule is COc1ccc(NCc2c(C)noc2C)c(N)c1. The van der Waals surface area contributed by atoms with E-state index in [1.54, 1.807) is 13.2 Å². The second-order valence-corrected chi connectivity index (χ2v) is 4.11. The number of aromatic nitrogens is 1. The smallest absolute Gasteiger partial charge is 0.138 e. The van der Waals surface area contributed by atoms with Gasteiger partial charge < -0.3 is 20.3 Å². The van der Waals surface area contributed by atoms with Crippen LogP contribution in [0.5, 0.6) is 5.75 Å². The Kier molecular flexibility index (Phi) is 3.41. The van der Waals surface area contributed by atoms with Crippen LogP contribution in [0.1, 0.15) is 17.0 Å². The molecule has 1 aromatic carbocycles. The van der Waals surface area contributed by atoms with Crippen molar-refractivity contribution in [2.24, 2.45) is 0 Å². The first kappa shape index (κ1) is 12.3. The Bertz CT molecular complexity index is 530. The van der Waals surface area contributed by atoms with Gasteiger partial charge in [-0.1, -0.05) is 5.16 Å². The van der Waals surface area contributed by atoms with Gasteiger partial charge in [-0.05, 0) is 26.0 Å². The van der Waals surface area contributed by atoms with Crippen molar-refractivity contribution in [2.45, 2.75) is 20.4 Å².